The van der Waals surface area contributed by atoms with Crippen LogP contribution in [0.2, 0.25) is 0 Å². The molecule has 0 unspecified atom stereocenters. The van der Waals surface area contributed by atoms with Gasteiger partial charge in [-0.3, -0.25) is 4.84 Å². The maximum absolute atomic E-state index is 5.95. The van der Waals surface area contributed by atoms with Gasteiger partial charge in [-0.2, -0.15) is 0 Å². The summed E-state index contributed by atoms with van der Waals surface area (Å²) in [5, 5.41) is 1.68. The fourth-order valence-electron chi connectivity index (χ4n) is 2.01. The van der Waals surface area contributed by atoms with Crippen molar-refractivity contribution in [3.63, 3.8) is 0 Å². The maximum Gasteiger partial charge on any atom is 0.0932 e. The predicted molar refractivity (Wildman–Crippen MR) is 78.4 cm³/mol. The summed E-state index contributed by atoms with van der Waals surface area (Å²) in [6.45, 7) is 10.0. The summed E-state index contributed by atoms with van der Waals surface area (Å²) in [6.07, 6.45) is 3.61. The van der Waals surface area contributed by atoms with Crippen molar-refractivity contribution in [3.05, 3.63) is 78.2 Å². The standard InChI is InChI=1S/C16H18N2O/c1-4-10-19-18-13(3)15(17)11-12(2)16(18)14-8-6-5-7-9-14/h4-9,11H,1,3,10,17H2,2H3. The van der Waals surface area contributed by atoms with E-state index >= 15 is 0 Å². The first kappa shape index (κ1) is 13.2. The van der Waals surface area contributed by atoms with Gasteiger partial charge in [-0.05, 0) is 18.6 Å². The summed E-state index contributed by atoms with van der Waals surface area (Å²) < 4.78 is 0. The molecule has 1 aromatic carbocycles. The van der Waals surface area contributed by atoms with Crippen LogP contribution in [0.1, 0.15) is 12.5 Å². The monoisotopic (exact) mass is 254 g/mol. The molecule has 1 aliphatic heterocycles. The Morgan fingerprint density at radius 3 is 2.63 bits per heavy atom. The van der Waals surface area contributed by atoms with E-state index in [1.54, 1.807) is 11.1 Å². The van der Waals surface area contributed by atoms with Gasteiger partial charge in [0.1, 0.15) is 0 Å². The Bertz CT molecular complexity index is 555. The average molecular weight is 254 g/mol. The van der Waals surface area contributed by atoms with Crippen molar-refractivity contribution in [1.82, 2.24) is 5.06 Å². The first-order valence-electron chi connectivity index (χ1n) is 6.12. The summed E-state index contributed by atoms with van der Waals surface area (Å²) in [7, 11) is 0. The first-order valence-corrected chi connectivity index (χ1v) is 6.12. The lowest BCUT2D eigenvalue weighted by molar-refractivity contribution is -0.0655. The van der Waals surface area contributed by atoms with E-state index in [9.17, 15) is 0 Å². The molecule has 0 radical (unpaired) electrons. The third-order valence-electron chi connectivity index (χ3n) is 2.90. The quantitative estimate of drug-likeness (QED) is 0.838. The van der Waals surface area contributed by atoms with Crippen LogP contribution in [0.25, 0.3) is 5.70 Å². The van der Waals surface area contributed by atoms with Gasteiger partial charge in [-0.15, -0.1) is 6.58 Å². The summed E-state index contributed by atoms with van der Waals surface area (Å²) in [5.41, 5.74) is 10.3. The van der Waals surface area contributed by atoms with Crippen molar-refractivity contribution in [2.24, 2.45) is 5.73 Å². The summed E-state index contributed by atoms with van der Waals surface area (Å²) >= 11 is 0. The Morgan fingerprint density at radius 2 is 2.00 bits per heavy atom. The Morgan fingerprint density at radius 1 is 1.32 bits per heavy atom. The number of nitrogens with two attached hydrogens (primary N) is 1. The average Bonchev–Trinajstić information content (AvgIpc) is 2.42. The molecule has 1 aliphatic rings. The Balaban J connectivity index is 2.47. The van der Waals surface area contributed by atoms with E-state index < -0.39 is 0 Å². The Hall–Kier alpha value is -2.26. The number of hydrogen-bond donors (Lipinski definition) is 1. The zero-order valence-electron chi connectivity index (χ0n) is 11.1. The Labute approximate surface area is 113 Å². The van der Waals surface area contributed by atoms with Crippen LogP contribution in [0.5, 0.6) is 0 Å². The molecular weight excluding hydrogens is 236 g/mol. The third kappa shape index (κ3) is 2.61. The Kier molecular flexibility index (Phi) is 3.88. The van der Waals surface area contributed by atoms with E-state index in [-0.39, 0.29) is 0 Å². The van der Waals surface area contributed by atoms with E-state index in [0.29, 0.717) is 18.0 Å². The van der Waals surface area contributed by atoms with Crippen LogP contribution in [0.4, 0.5) is 0 Å². The van der Waals surface area contributed by atoms with Gasteiger partial charge in [0, 0.05) is 5.56 Å². The molecule has 0 saturated carbocycles. The van der Waals surface area contributed by atoms with Gasteiger partial charge in [0.05, 0.1) is 23.7 Å². The van der Waals surface area contributed by atoms with Crippen molar-refractivity contribution < 1.29 is 4.84 Å². The molecule has 0 aromatic heterocycles. The van der Waals surface area contributed by atoms with Crippen LogP contribution in [-0.4, -0.2) is 11.7 Å². The first-order chi connectivity index (χ1) is 9.15. The lowest BCUT2D eigenvalue weighted by Crippen LogP contribution is -2.28. The number of allylic oxidation sites excluding steroid dienone is 2. The molecule has 0 amide bonds. The van der Waals surface area contributed by atoms with E-state index in [2.05, 4.69) is 13.2 Å². The number of hydroxylamine groups is 2. The van der Waals surface area contributed by atoms with E-state index in [1.807, 2.05) is 43.3 Å². The zero-order valence-corrected chi connectivity index (χ0v) is 11.1. The summed E-state index contributed by atoms with van der Waals surface area (Å²) in [4.78, 5) is 5.69. The van der Waals surface area contributed by atoms with Crippen molar-refractivity contribution in [3.8, 4) is 0 Å². The molecule has 19 heavy (non-hydrogen) atoms. The van der Waals surface area contributed by atoms with Crippen molar-refractivity contribution >= 4 is 5.70 Å². The minimum absolute atomic E-state index is 0.399. The molecule has 98 valence electrons. The molecule has 0 bridgehead atoms. The summed E-state index contributed by atoms with van der Waals surface area (Å²) in [5.74, 6) is 0. The molecule has 1 aromatic rings. The van der Waals surface area contributed by atoms with Crippen LogP contribution in [-0.2, 0) is 4.84 Å². The maximum atomic E-state index is 5.95. The van der Waals surface area contributed by atoms with Gasteiger partial charge in [0.2, 0.25) is 0 Å². The molecule has 0 saturated heterocycles. The van der Waals surface area contributed by atoms with Crippen LogP contribution in [0.15, 0.2) is 72.6 Å². The number of rotatable bonds is 4. The predicted octanol–water partition coefficient (Wildman–Crippen LogP) is 3.21. The smallest absolute Gasteiger partial charge is 0.0932 e. The summed E-state index contributed by atoms with van der Waals surface area (Å²) in [6, 6.07) is 10.0. The lowest BCUT2D eigenvalue weighted by Gasteiger charge is -2.32. The fraction of sp³-hybridized carbons (Fsp3) is 0.125. The SMILES string of the molecule is C=CCON1C(=C)C(N)=CC(C)=C1c1ccccc1. The number of hydrogen-bond acceptors (Lipinski definition) is 3. The molecule has 2 rings (SSSR count). The largest absolute Gasteiger partial charge is 0.397 e. The van der Waals surface area contributed by atoms with Gasteiger partial charge in [-0.1, -0.05) is 43.0 Å². The van der Waals surface area contributed by atoms with Crippen LogP contribution < -0.4 is 5.73 Å². The molecule has 0 spiro atoms. The van der Waals surface area contributed by atoms with Crippen LogP contribution in [0, 0.1) is 0 Å². The molecule has 2 N–H and O–H groups in total. The lowest BCUT2D eigenvalue weighted by atomic mass is 10.0. The van der Waals surface area contributed by atoms with Crippen molar-refractivity contribution in [2.75, 3.05) is 6.61 Å². The highest BCUT2D eigenvalue weighted by atomic mass is 16.7. The van der Waals surface area contributed by atoms with Gasteiger partial charge in [0.25, 0.3) is 0 Å². The molecule has 1 heterocycles. The highest BCUT2D eigenvalue weighted by molar-refractivity contribution is 5.72. The van der Waals surface area contributed by atoms with Gasteiger partial charge >= 0.3 is 0 Å². The molecule has 0 aliphatic carbocycles. The van der Waals surface area contributed by atoms with Gasteiger partial charge in [-0.25, -0.2) is 5.06 Å². The van der Waals surface area contributed by atoms with Gasteiger partial charge in [0.15, 0.2) is 0 Å². The normalized spacial score (nSPS) is 15.5. The molecule has 0 atom stereocenters. The molecule has 0 fully saturated rings. The van der Waals surface area contributed by atoms with E-state index in [1.165, 1.54) is 0 Å². The highest BCUT2D eigenvalue weighted by Gasteiger charge is 2.23. The van der Waals surface area contributed by atoms with E-state index in [0.717, 1.165) is 16.8 Å². The minimum Gasteiger partial charge on any atom is -0.397 e. The molecular formula is C16H18N2O. The second-order valence-electron chi connectivity index (χ2n) is 4.32. The van der Waals surface area contributed by atoms with E-state index in [4.69, 9.17) is 10.6 Å². The molecule has 3 nitrogen and oxygen atoms in total. The fourth-order valence-corrected chi connectivity index (χ4v) is 2.01. The zero-order chi connectivity index (χ0) is 13.8. The second-order valence-corrected chi connectivity index (χ2v) is 4.32. The topological polar surface area (TPSA) is 38.5 Å². The number of benzene rings is 1. The van der Waals surface area contributed by atoms with Gasteiger partial charge < -0.3 is 5.73 Å². The van der Waals surface area contributed by atoms with Crippen LogP contribution >= 0.6 is 0 Å². The number of nitrogens with zero attached hydrogens (tertiary/aromatic N) is 1. The molecule has 3 heteroatoms. The second kappa shape index (κ2) is 5.59. The minimum atomic E-state index is 0.399. The highest BCUT2D eigenvalue weighted by Crippen LogP contribution is 2.33. The van der Waals surface area contributed by atoms with Crippen molar-refractivity contribution in [2.45, 2.75) is 6.92 Å². The third-order valence-corrected chi connectivity index (χ3v) is 2.90. The van der Waals surface area contributed by atoms with Crippen LogP contribution in [0.3, 0.4) is 0 Å². The van der Waals surface area contributed by atoms with Crippen molar-refractivity contribution in [1.29, 1.82) is 0 Å².